The Balaban J connectivity index is 0.00000245. The van der Waals surface area contributed by atoms with Crippen molar-refractivity contribution in [3.05, 3.63) is 53.2 Å². The Morgan fingerprint density at radius 1 is 1.19 bits per heavy atom. The lowest BCUT2D eigenvalue weighted by Crippen LogP contribution is -2.36. The predicted octanol–water partition coefficient (Wildman–Crippen LogP) is 5.22. The lowest BCUT2D eigenvalue weighted by Gasteiger charge is -2.22. The third-order valence-electron chi connectivity index (χ3n) is 6.38. The third kappa shape index (κ3) is 4.82. The van der Waals surface area contributed by atoms with Crippen molar-refractivity contribution in [3.8, 4) is 0 Å². The molecule has 5 nitrogen and oxygen atoms in total. The second-order valence-corrected chi connectivity index (χ2v) is 10.1. The summed E-state index contributed by atoms with van der Waals surface area (Å²) in [6, 6.07) is 10.3. The average molecular weight is 471 g/mol. The number of rotatable bonds is 8. The Bertz CT molecular complexity index is 1080. The van der Waals surface area contributed by atoms with Crippen LogP contribution in [0, 0.1) is 0 Å². The zero-order valence-electron chi connectivity index (χ0n) is 18.8. The monoisotopic (exact) mass is 470 g/mol. The highest BCUT2D eigenvalue weighted by atomic mass is 35.5. The molecule has 1 aliphatic heterocycles. The van der Waals surface area contributed by atoms with Crippen molar-refractivity contribution in [2.75, 3.05) is 25.5 Å². The third-order valence-corrected chi connectivity index (χ3v) is 7.49. The number of pyridine rings is 1. The fourth-order valence-electron chi connectivity index (χ4n) is 4.74. The minimum Gasteiger partial charge on any atom is -0.338 e. The van der Waals surface area contributed by atoms with Crippen LogP contribution in [0.2, 0.25) is 0 Å². The molecule has 7 heteroatoms. The number of benzene rings is 1. The molecule has 3 aromatic rings. The van der Waals surface area contributed by atoms with E-state index in [0.29, 0.717) is 18.1 Å². The van der Waals surface area contributed by atoms with E-state index in [1.165, 1.54) is 34.2 Å². The summed E-state index contributed by atoms with van der Waals surface area (Å²) in [5.74, 6) is 0.986. The van der Waals surface area contributed by atoms with E-state index in [1.54, 1.807) is 11.3 Å². The van der Waals surface area contributed by atoms with Gasteiger partial charge in [0.25, 0.3) is 0 Å². The van der Waals surface area contributed by atoms with Crippen LogP contribution in [-0.4, -0.2) is 47.3 Å². The number of aromatic nitrogens is 2. The molecule has 2 aliphatic rings. The number of ketones is 1. The van der Waals surface area contributed by atoms with Crippen molar-refractivity contribution in [1.29, 1.82) is 0 Å². The molecule has 0 spiro atoms. The van der Waals surface area contributed by atoms with Crippen LogP contribution in [0.1, 0.15) is 54.7 Å². The van der Waals surface area contributed by atoms with Gasteiger partial charge in [0.15, 0.2) is 16.6 Å². The number of nitrogens with zero attached hydrogens (tertiary/aromatic N) is 4. The van der Waals surface area contributed by atoms with E-state index in [9.17, 15) is 4.79 Å². The molecule has 170 valence electrons. The summed E-state index contributed by atoms with van der Waals surface area (Å²) < 4.78 is 1.24. The van der Waals surface area contributed by atoms with Crippen LogP contribution >= 0.6 is 23.7 Å². The van der Waals surface area contributed by atoms with Gasteiger partial charge in [-0.3, -0.25) is 4.79 Å². The minimum atomic E-state index is -0.0464. The second-order valence-electron chi connectivity index (χ2n) is 9.16. The first-order chi connectivity index (χ1) is 15.1. The molecule has 0 amide bonds. The Kier molecular flexibility index (Phi) is 7.13. The molecule has 2 aromatic heterocycles. The molecular weight excluding hydrogens is 440 g/mol. The van der Waals surface area contributed by atoms with Gasteiger partial charge in [-0.15, -0.1) is 12.4 Å². The number of anilines is 1. The number of thiazole rings is 1. The molecule has 5 rings (SSSR count). The molecular formula is C25H31ClN4OS. The van der Waals surface area contributed by atoms with Crippen molar-refractivity contribution in [1.82, 2.24) is 14.9 Å². The molecule has 0 bridgehead atoms. The SMILES string of the molecule is CN(C)Cc1cnc2nc(N3CCC[C@@H]3C(=O)CCc3ccccc3)sc2c1C1CC1.Cl. The average Bonchev–Trinajstić information content (AvgIpc) is 3.31. The van der Waals surface area contributed by atoms with Crippen molar-refractivity contribution in [2.45, 2.75) is 57.0 Å². The van der Waals surface area contributed by atoms with Gasteiger partial charge in [-0.1, -0.05) is 41.7 Å². The fourth-order valence-corrected chi connectivity index (χ4v) is 5.98. The van der Waals surface area contributed by atoms with Gasteiger partial charge in [0.05, 0.1) is 10.7 Å². The zero-order valence-corrected chi connectivity index (χ0v) is 20.4. The first kappa shape index (κ1) is 23.1. The van der Waals surface area contributed by atoms with E-state index in [4.69, 9.17) is 9.97 Å². The van der Waals surface area contributed by atoms with Crippen LogP contribution in [-0.2, 0) is 17.8 Å². The number of hydrogen-bond donors (Lipinski definition) is 0. The van der Waals surface area contributed by atoms with Gasteiger partial charge in [0, 0.05) is 25.7 Å². The van der Waals surface area contributed by atoms with E-state index in [0.717, 1.165) is 43.1 Å². The molecule has 32 heavy (non-hydrogen) atoms. The number of carbonyl (C=O) groups is 1. The van der Waals surface area contributed by atoms with Gasteiger partial charge in [0.2, 0.25) is 0 Å². The number of halogens is 1. The summed E-state index contributed by atoms with van der Waals surface area (Å²) in [4.78, 5) is 27.2. The molecule has 1 saturated heterocycles. The molecule has 1 aromatic carbocycles. The number of hydrogen-bond acceptors (Lipinski definition) is 6. The summed E-state index contributed by atoms with van der Waals surface area (Å²) in [5.41, 5.74) is 4.86. The van der Waals surface area contributed by atoms with E-state index in [2.05, 4.69) is 36.0 Å². The molecule has 0 radical (unpaired) electrons. The Labute approximate surface area is 200 Å². The smallest absolute Gasteiger partial charge is 0.188 e. The first-order valence-electron chi connectivity index (χ1n) is 11.4. The van der Waals surface area contributed by atoms with Crippen molar-refractivity contribution >= 4 is 45.0 Å². The molecule has 3 heterocycles. The van der Waals surface area contributed by atoms with Gasteiger partial charge in [-0.2, -0.15) is 4.98 Å². The van der Waals surface area contributed by atoms with Crippen LogP contribution < -0.4 is 4.90 Å². The highest BCUT2D eigenvalue weighted by Gasteiger charge is 2.34. The lowest BCUT2D eigenvalue weighted by molar-refractivity contribution is -0.120. The quantitative estimate of drug-likeness (QED) is 0.451. The molecule has 0 N–H and O–H groups in total. The maximum absolute atomic E-state index is 13.1. The maximum Gasteiger partial charge on any atom is 0.188 e. The molecule has 1 aliphatic carbocycles. The Hall–Kier alpha value is -2.02. The molecule has 1 atom stereocenters. The van der Waals surface area contributed by atoms with E-state index in [-0.39, 0.29) is 18.4 Å². The standard InChI is InChI=1S/C25H30N4OS.ClH/c1-28(2)16-19-15-26-24-23(22(19)18-11-12-18)31-25(27-24)29-14-6-9-20(29)21(30)13-10-17-7-4-3-5-8-17;/h3-5,7-8,15,18,20H,6,9-14,16H2,1-2H3;1H/t20-;/m1./s1. The predicted molar refractivity (Wildman–Crippen MR) is 134 cm³/mol. The van der Waals surface area contributed by atoms with Crippen LogP contribution in [0.4, 0.5) is 5.13 Å². The first-order valence-corrected chi connectivity index (χ1v) is 12.2. The molecule has 0 unspecified atom stereocenters. The summed E-state index contributed by atoms with van der Waals surface area (Å²) in [6.07, 6.45) is 7.92. The van der Waals surface area contributed by atoms with Gasteiger partial charge < -0.3 is 9.80 Å². The molecule has 2 fully saturated rings. The maximum atomic E-state index is 13.1. The van der Waals surface area contributed by atoms with Gasteiger partial charge in [-0.05, 0) is 68.8 Å². The van der Waals surface area contributed by atoms with Gasteiger partial charge in [0.1, 0.15) is 0 Å². The second kappa shape index (κ2) is 9.86. The van der Waals surface area contributed by atoms with E-state index in [1.807, 2.05) is 24.4 Å². The summed E-state index contributed by atoms with van der Waals surface area (Å²) >= 11 is 1.75. The Morgan fingerprint density at radius 3 is 2.69 bits per heavy atom. The van der Waals surface area contributed by atoms with Crippen LogP contribution in [0.3, 0.4) is 0 Å². The van der Waals surface area contributed by atoms with Crippen LogP contribution in [0.5, 0.6) is 0 Å². The highest BCUT2D eigenvalue weighted by Crippen LogP contribution is 2.47. The molecule has 1 saturated carbocycles. The summed E-state index contributed by atoms with van der Waals surface area (Å²) in [5, 5.41) is 0.974. The van der Waals surface area contributed by atoms with Crippen molar-refractivity contribution in [2.24, 2.45) is 0 Å². The van der Waals surface area contributed by atoms with Gasteiger partial charge >= 0.3 is 0 Å². The largest absolute Gasteiger partial charge is 0.338 e. The van der Waals surface area contributed by atoms with Crippen LogP contribution in [0.25, 0.3) is 10.3 Å². The normalized spacial score (nSPS) is 18.3. The minimum absolute atomic E-state index is 0. The number of carbonyl (C=O) groups excluding carboxylic acids is 1. The zero-order chi connectivity index (χ0) is 21.4. The number of aryl methyl sites for hydroxylation is 1. The number of fused-ring (bicyclic) bond motifs is 1. The summed E-state index contributed by atoms with van der Waals surface area (Å²) in [7, 11) is 4.21. The lowest BCUT2D eigenvalue weighted by atomic mass is 10.0. The summed E-state index contributed by atoms with van der Waals surface area (Å²) in [6.45, 7) is 1.82. The Morgan fingerprint density at radius 2 is 1.97 bits per heavy atom. The van der Waals surface area contributed by atoms with Crippen molar-refractivity contribution in [3.63, 3.8) is 0 Å². The van der Waals surface area contributed by atoms with Crippen LogP contribution in [0.15, 0.2) is 36.5 Å². The van der Waals surface area contributed by atoms with E-state index < -0.39 is 0 Å². The number of Topliss-reactive ketones (excluding diaryl/α,β-unsaturated/α-hetero) is 1. The highest BCUT2D eigenvalue weighted by molar-refractivity contribution is 7.22. The topological polar surface area (TPSA) is 49.3 Å². The fraction of sp³-hybridized carbons (Fsp3) is 0.480. The van der Waals surface area contributed by atoms with Crippen molar-refractivity contribution < 1.29 is 4.79 Å². The van der Waals surface area contributed by atoms with E-state index >= 15 is 0 Å². The van der Waals surface area contributed by atoms with Gasteiger partial charge in [-0.25, -0.2) is 4.98 Å².